The van der Waals surface area contributed by atoms with Crippen molar-refractivity contribution in [3.05, 3.63) is 46.7 Å². The summed E-state index contributed by atoms with van der Waals surface area (Å²) in [5, 5.41) is 2.83. The summed E-state index contributed by atoms with van der Waals surface area (Å²) in [5.41, 5.74) is 1.19. The zero-order valence-electron chi connectivity index (χ0n) is 12.2. The van der Waals surface area contributed by atoms with Gasteiger partial charge in [0.2, 0.25) is 5.91 Å². The minimum absolute atomic E-state index is 0.0157. The van der Waals surface area contributed by atoms with Crippen LogP contribution < -0.4 is 5.32 Å². The number of aromatic nitrogens is 1. The van der Waals surface area contributed by atoms with Gasteiger partial charge in [0.1, 0.15) is 5.69 Å². The van der Waals surface area contributed by atoms with Gasteiger partial charge in [-0.2, -0.15) is 0 Å². The first-order valence-corrected chi connectivity index (χ1v) is 8.55. The molecule has 0 fully saturated rings. The molecule has 0 radical (unpaired) electrons. The number of nitrogens with one attached hydrogen (secondary N) is 2. The molecule has 22 heavy (non-hydrogen) atoms. The highest BCUT2D eigenvalue weighted by atomic mass is 79.9. The van der Waals surface area contributed by atoms with Crippen molar-refractivity contribution in [3.63, 3.8) is 0 Å². The van der Waals surface area contributed by atoms with E-state index >= 15 is 0 Å². The maximum atomic E-state index is 12.2. The third-order valence-corrected chi connectivity index (χ3v) is 4.24. The van der Waals surface area contributed by atoms with Gasteiger partial charge in [0.25, 0.3) is 5.91 Å². The van der Waals surface area contributed by atoms with Gasteiger partial charge >= 0.3 is 0 Å². The van der Waals surface area contributed by atoms with Crippen molar-refractivity contribution < 1.29 is 9.59 Å². The summed E-state index contributed by atoms with van der Waals surface area (Å²) in [7, 11) is 1.59. The molecule has 0 unspecified atom stereocenters. The van der Waals surface area contributed by atoms with E-state index in [9.17, 15) is 9.59 Å². The fourth-order valence-corrected chi connectivity index (χ4v) is 2.82. The quantitative estimate of drug-likeness (QED) is 0.781. The highest BCUT2D eigenvalue weighted by Gasteiger charge is 2.17. The number of carbonyl (C=O) groups is 2. The molecule has 2 rings (SSSR count). The Morgan fingerprint density at radius 2 is 2.09 bits per heavy atom. The molecule has 0 bridgehead atoms. The third kappa shape index (κ3) is 4.14. The lowest BCUT2D eigenvalue weighted by atomic mass is 10.3. The van der Waals surface area contributed by atoms with Gasteiger partial charge in [0, 0.05) is 22.6 Å². The van der Waals surface area contributed by atoms with E-state index in [2.05, 4.69) is 26.2 Å². The number of para-hydroxylation sites is 1. The predicted molar refractivity (Wildman–Crippen MR) is 92.3 cm³/mol. The third-order valence-electron chi connectivity index (χ3n) is 2.99. The Hall–Kier alpha value is -1.73. The zero-order chi connectivity index (χ0) is 16.1. The molecule has 1 heterocycles. The van der Waals surface area contributed by atoms with E-state index in [1.165, 1.54) is 4.90 Å². The highest BCUT2D eigenvalue weighted by molar-refractivity contribution is 9.10. The molecule has 2 amide bonds. The van der Waals surface area contributed by atoms with Gasteiger partial charge in [0.05, 0.1) is 12.2 Å². The Morgan fingerprint density at radius 1 is 1.36 bits per heavy atom. The fourth-order valence-electron chi connectivity index (χ4n) is 1.92. The van der Waals surface area contributed by atoms with Crippen molar-refractivity contribution in [3.8, 4) is 0 Å². The zero-order valence-corrected chi connectivity index (χ0v) is 14.6. The first-order chi connectivity index (χ1) is 10.5. The molecule has 0 saturated carbocycles. The summed E-state index contributed by atoms with van der Waals surface area (Å²) in [4.78, 5) is 29.5. The average Bonchev–Trinajstić information content (AvgIpc) is 2.93. The van der Waals surface area contributed by atoms with Crippen LogP contribution >= 0.6 is 27.7 Å². The molecule has 0 aliphatic heterocycles. The van der Waals surface area contributed by atoms with Crippen LogP contribution in [0.3, 0.4) is 0 Å². The van der Waals surface area contributed by atoms with Crippen LogP contribution in [0, 0.1) is 0 Å². The van der Waals surface area contributed by atoms with Gasteiger partial charge in [-0.15, -0.1) is 11.8 Å². The lowest BCUT2D eigenvalue weighted by Gasteiger charge is -2.16. The van der Waals surface area contributed by atoms with Crippen LogP contribution in [0.2, 0.25) is 0 Å². The average molecular weight is 382 g/mol. The molecule has 7 heteroatoms. The maximum absolute atomic E-state index is 12.2. The van der Waals surface area contributed by atoms with Crippen LogP contribution in [0.15, 0.2) is 45.9 Å². The number of benzene rings is 1. The first-order valence-electron chi connectivity index (χ1n) is 6.53. The van der Waals surface area contributed by atoms with Crippen molar-refractivity contribution in [1.82, 2.24) is 9.88 Å². The van der Waals surface area contributed by atoms with E-state index in [-0.39, 0.29) is 18.4 Å². The van der Waals surface area contributed by atoms with Gasteiger partial charge in [-0.05, 0) is 40.4 Å². The molecule has 0 aliphatic carbocycles. The lowest BCUT2D eigenvalue weighted by molar-refractivity contribution is -0.116. The predicted octanol–water partition coefficient (Wildman–Crippen LogP) is 3.21. The number of rotatable bonds is 5. The molecule has 5 nitrogen and oxygen atoms in total. The molecular formula is C15H16BrN3O2S. The number of halogens is 1. The second-order valence-corrected chi connectivity index (χ2v) is 6.40. The summed E-state index contributed by atoms with van der Waals surface area (Å²) in [6, 6.07) is 9.24. The van der Waals surface area contributed by atoms with Gasteiger partial charge in [0.15, 0.2) is 0 Å². The molecule has 1 aromatic carbocycles. The standard InChI is InChI=1S/C15H16BrN3O2S/c1-19(15(21)12-7-10(16)8-17-12)9-14(20)18-11-5-3-4-6-13(11)22-2/h3-8,17H,9H2,1-2H3,(H,18,20). The Kier molecular flexibility index (Phi) is 5.68. The lowest BCUT2D eigenvalue weighted by Crippen LogP contribution is -2.35. The topological polar surface area (TPSA) is 65.2 Å². The SMILES string of the molecule is CSc1ccccc1NC(=O)CN(C)C(=O)c1cc(Br)c[nH]1. The maximum Gasteiger partial charge on any atom is 0.270 e. The number of thioether (sulfide) groups is 1. The summed E-state index contributed by atoms with van der Waals surface area (Å²) < 4.78 is 0.794. The van der Waals surface area contributed by atoms with Crippen molar-refractivity contribution >= 4 is 45.2 Å². The number of hydrogen-bond donors (Lipinski definition) is 2. The number of likely N-dealkylation sites (N-methyl/N-ethyl adjacent to an activating group) is 1. The van der Waals surface area contributed by atoms with Gasteiger partial charge in [-0.3, -0.25) is 9.59 Å². The van der Waals surface area contributed by atoms with Crippen LogP contribution in [0.4, 0.5) is 5.69 Å². The molecule has 2 aromatic rings. The van der Waals surface area contributed by atoms with Crippen molar-refractivity contribution in [2.75, 3.05) is 25.2 Å². The van der Waals surface area contributed by atoms with E-state index in [1.54, 1.807) is 31.1 Å². The number of hydrogen-bond acceptors (Lipinski definition) is 3. The number of carbonyl (C=O) groups excluding carboxylic acids is 2. The molecule has 0 aliphatic rings. The minimum atomic E-state index is -0.237. The van der Waals surface area contributed by atoms with Gasteiger partial charge in [-0.1, -0.05) is 12.1 Å². The van der Waals surface area contributed by atoms with Crippen LogP contribution in [-0.2, 0) is 4.79 Å². The van der Waals surface area contributed by atoms with Gasteiger partial charge < -0.3 is 15.2 Å². The molecule has 1 aromatic heterocycles. The van der Waals surface area contributed by atoms with E-state index < -0.39 is 0 Å². The first kappa shape index (κ1) is 16.6. The monoisotopic (exact) mass is 381 g/mol. The number of nitrogens with zero attached hydrogens (tertiary/aromatic N) is 1. The Morgan fingerprint density at radius 3 is 2.73 bits per heavy atom. The van der Waals surface area contributed by atoms with E-state index in [0.29, 0.717) is 5.69 Å². The van der Waals surface area contributed by atoms with Crippen molar-refractivity contribution in [2.24, 2.45) is 0 Å². The number of aromatic amines is 1. The highest BCUT2D eigenvalue weighted by Crippen LogP contribution is 2.24. The smallest absolute Gasteiger partial charge is 0.270 e. The molecule has 0 saturated heterocycles. The van der Waals surface area contributed by atoms with Crippen LogP contribution in [0.25, 0.3) is 0 Å². The Balaban J connectivity index is 1.98. The normalized spacial score (nSPS) is 10.3. The second-order valence-electron chi connectivity index (χ2n) is 4.64. The van der Waals surface area contributed by atoms with E-state index in [4.69, 9.17) is 0 Å². The van der Waals surface area contributed by atoms with Gasteiger partial charge in [-0.25, -0.2) is 0 Å². The summed E-state index contributed by atoms with van der Waals surface area (Å²) in [6.07, 6.45) is 3.62. The molecule has 116 valence electrons. The Bertz CT molecular complexity index is 687. The van der Waals surface area contributed by atoms with E-state index in [1.807, 2.05) is 30.5 Å². The fraction of sp³-hybridized carbons (Fsp3) is 0.200. The van der Waals surface area contributed by atoms with Crippen molar-refractivity contribution in [1.29, 1.82) is 0 Å². The molecule has 0 spiro atoms. The van der Waals surface area contributed by atoms with Crippen LogP contribution in [0.5, 0.6) is 0 Å². The minimum Gasteiger partial charge on any atom is -0.356 e. The van der Waals surface area contributed by atoms with E-state index in [0.717, 1.165) is 15.1 Å². The number of H-pyrrole nitrogens is 1. The largest absolute Gasteiger partial charge is 0.356 e. The number of amides is 2. The Labute approximate surface area is 141 Å². The molecule has 0 atom stereocenters. The molecular weight excluding hydrogens is 366 g/mol. The summed E-state index contributed by atoms with van der Waals surface area (Å²) >= 11 is 4.83. The van der Waals surface area contributed by atoms with Crippen LogP contribution in [-0.4, -0.2) is 41.5 Å². The molecule has 2 N–H and O–H groups in total. The summed E-state index contributed by atoms with van der Waals surface area (Å²) in [6.45, 7) is -0.0157. The second kappa shape index (κ2) is 7.51. The van der Waals surface area contributed by atoms with Crippen molar-refractivity contribution in [2.45, 2.75) is 4.90 Å². The number of anilines is 1. The summed E-state index contributed by atoms with van der Waals surface area (Å²) in [5.74, 6) is -0.470. The van der Waals surface area contributed by atoms with Crippen LogP contribution in [0.1, 0.15) is 10.5 Å².